The standard InChI is InChI=1S/C15H24N2O2/c1-11(9-10-19-3)17-15(18)12(2)14(16)13-7-5-4-6-8-13/h4-8,11-12,14H,9-10,16H2,1-3H3,(H,17,18). The molecule has 0 saturated heterocycles. The molecule has 4 nitrogen and oxygen atoms in total. The van der Waals surface area contributed by atoms with E-state index in [1.54, 1.807) is 7.11 Å². The Morgan fingerprint density at radius 2 is 1.95 bits per heavy atom. The van der Waals surface area contributed by atoms with Gasteiger partial charge in [0.2, 0.25) is 5.91 Å². The summed E-state index contributed by atoms with van der Waals surface area (Å²) in [5.41, 5.74) is 7.11. The zero-order valence-corrected chi connectivity index (χ0v) is 11.9. The number of carbonyl (C=O) groups excluding carboxylic acids is 1. The summed E-state index contributed by atoms with van der Waals surface area (Å²) in [5.74, 6) is -0.271. The van der Waals surface area contributed by atoms with Gasteiger partial charge in [-0.25, -0.2) is 0 Å². The average Bonchev–Trinajstić information content (AvgIpc) is 2.44. The molecule has 0 bridgehead atoms. The van der Waals surface area contributed by atoms with Gasteiger partial charge in [-0.15, -0.1) is 0 Å². The van der Waals surface area contributed by atoms with E-state index < -0.39 is 0 Å². The van der Waals surface area contributed by atoms with Gasteiger partial charge < -0.3 is 15.8 Å². The van der Waals surface area contributed by atoms with Crippen LogP contribution in [-0.2, 0) is 9.53 Å². The number of carbonyl (C=O) groups is 1. The van der Waals surface area contributed by atoms with Crippen LogP contribution in [0.25, 0.3) is 0 Å². The minimum absolute atomic E-state index is 0.0139. The number of amides is 1. The Morgan fingerprint density at radius 1 is 1.32 bits per heavy atom. The Labute approximate surface area is 115 Å². The van der Waals surface area contributed by atoms with Crippen LogP contribution in [0.4, 0.5) is 0 Å². The normalized spacial score (nSPS) is 15.6. The van der Waals surface area contributed by atoms with Crippen LogP contribution in [0.2, 0.25) is 0 Å². The summed E-state index contributed by atoms with van der Waals surface area (Å²) in [6.07, 6.45) is 0.801. The lowest BCUT2D eigenvalue weighted by molar-refractivity contribution is -0.125. The summed E-state index contributed by atoms with van der Waals surface area (Å²) in [4.78, 5) is 12.1. The molecule has 3 unspecified atom stereocenters. The molecule has 0 saturated carbocycles. The van der Waals surface area contributed by atoms with E-state index in [0.29, 0.717) is 6.61 Å². The molecule has 3 N–H and O–H groups in total. The average molecular weight is 264 g/mol. The van der Waals surface area contributed by atoms with Crippen molar-refractivity contribution >= 4 is 5.91 Å². The molecular formula is C15H24N2O2. The number of nitrogens with one attached hydrogen (secondary N) is 1. The highest BCUT2D eigenvalue weighted by Crippen LogP contribution is 2.19. The van der Waals surface area contributed by atoms with Gasteiger partial charge >= 0.3 is 0 Å². The third-order valence-electron chi connectivity index (χ3n) is 3.28. The van der Waals surface area contributed by atoms with E-state index in [2.05, 4.69) is 5.32 Å². The molecule has 0 aliphatic rings. The van der Waals surface area contributed by atoms with Crippen molar-refractivity contribution in [1.82, 2.24) is 5.32 Å². The summed E-state index contributed by atoms with van der Waals surface area (Å²) >= 11 is 0. The fourth-order valence-corrected chi connectivity index (χ4v) is 1.87. The molecule has 1 amide bonds. The van der Waals surface area contributed by atoms with Crippen LogP contribution in [0.3, 0.4) is 0 Å². The fourth-order valence-electron chi connectivity index (χ4n) is 1.87. The summed E-state index contributed by atoms with van der Waals surface area (Å²) in [6, 6.07) is 9.51. The van der Waals surface area contributed by atoms with E-state index >= 15 is 0 Å². The summed E-state index contributed by atoms with van der Waals surface area (Å²) in [6.45, 7) is 4.47. The molecule has 0 aliphatic heterocycles. The first-order chi connectivity index (χ1) is 9.06. The number of hydrogen-bond donors (Lipinski definition) is 2. The Kier molecular flexibility index (Phi) is 6.53. The van der Waals surface area contributed by atoms with E-state index in [0.717, 1.165) is 12.0 Å². The molecule has 0 aliphatic carbocycles. The lowest BCUT2D eigenvalue weighted by atomic mass is 9.94. The molecule has 4 heteroatoms. The van der Waals surface area contributed by atoms with E-state index in [4.69, 9.17) is 10.5 Å². The number of rotatable bonds is 7. The Morgan fingerprint density at radius 3 is 2.53 bits per heavy atom. The zero-order chi connectivity index (χ0) is 14.3. The van der Waals surface area contributed by atoms with Crippen molar-refractivity contribution in [1.29, 1.82) is 0 Å². The maximum absolute atomic E-state index is 12.1. The predicted molar refractivity (Wildman–Crippen MR) is 76.6 cm³/mol. The van der Waals surface area contributed by atoms with Gasteiger partial charge in [-0.3, -0.25) is 4.79 Å². The minimum Gasteiger partial charge on any atom is -0.385 e. The van der Waals surface area contributed by atoms with Crippen LogP contribution in [0.15, 0.2) is 30.3 Å². The number of methoxy groups -OCH3 is 1. The number of nitrogens with two attached hydrogens (primary N) is 1. The van der Waals surface area contributed by atoms with Gasteiger partial charge in [0, 0.05) is 25.8 Å². The molecule has 0 spiro atoms. The monoisotopic (exact) mass is 264 g/mol. The van der Waals surface area contributed by atoms with Crippen molar-refractivity contribution in [3.63, 3.8) is 0 Å². The first-order valence-electron chi connectivity index (χ1n) is 6.66. The van der Waals surface area contributed by atoms with Crippen molar-refractivity contribution in [2.45, 2.75) is 32.4 Å². The largest absolute Gasteiger partial charge is 0.385 e. The number of hydrogen-bond acceptors (Lipinski definition) is 3. The fraction of sp³-hybridized carbons (Fsp3) is 0.533. The highest BCUT2D eigenvalue weighted by molar-refractivity contribution is 5.79. The van der Waals surface area contributed by atoms with Gasteiger partial charge in [0.15, 0.2) is 0 Å². The zero-order valence-electron chi connectivity index (χ0n) is 11.9. The van der Waals surface area contributed by atoms with Gasteiger partial charge in [0.05, 0.1) is 5.92 Å². The second kappa shape index (κ2) is 7.92. The lowest BCUT2D eigenvalue weighted by Crippen LogP contribution is -2.40. The first kappa shape index (κ1) is 15.7. The SMILES string of the molecule is COCCC(C)NC(=O)C(C)C(N)c1ccccc1. The first-order valence-corrected chi connectivity index (χ1v) is 6.66. The molecule has 19 heavy (non-hydrogen) atoms. The molecule has 1 aromatic rings. The third kappa shape index (κ3) is 5.01. The Hall–Kier alpha value is -1.39. The Bertz CT molecular complexity index is 381. The highest BCUT2D eigenvalue weighted by Gasteiger charge is 2.22. The topological polar surface area (TPSA) is 64.3 Å². The molecule has 0 heterocycles. The summed E-state index contributed by atoms with van der Waals surface area (Å²) in [5, 5.41) is 2.97. The minimum atomic E-state index is -0.282. The van der Waals surface area contributed by atoms with Gasteiger partial charge in [-0.1, -0.05) is 37.3 Å². The van der Waals surface area contributed by atoms with Crippen LogP contribution in [0, 0.1) is 5.92 Å². The van der Waals surface area contributed by atoms with Crippen LogP contribution < -0.4 is 11.1 Å². The predicted octanol–water partition coefficient (Wildman–Crippen LogP) is 1.86. The van der Waals surface area contributed by atoms with Crippen LogP contribution in [0.1, 0.15) is 31.9 Å². The molecule has 1 aromatic carbocycles. The van der Waals surface area contributed by atoms with Crippen molar-refractivity contribution in [3.8, 4) is 0 Å². The molecule has 0 fully saturated rings. The molecule has 0 radical (unpaired) electrons. The van der Waals surface area contributed by atoms with E-state index in [9.17, 15) is 4.79 Å². The van der Waals surface area contributed by atoms with Crippen LogP contribution >= 0.6 is 0 Å². The quantitative estimate of drug-likeness (QED) is 0.790. The maximum Gasteiger partial charge on any atom is 0.224 e. The third-order valence-corrected chi connectivity index (χ3v) is 3.28. The number of ether oxygens (including phenoxy) is 1. The molecule has 1 rings (SSSR count). The van der Waals surface area contributed by atoms with E-state index in [1.165, 1.54) is 0 Å². The van der Waals surface area contributed by atoms with Crippen molar-refractivity contribution in [2.24, 2.45) is 11.7 Å². The van der Waals surface area contributed by atoms with Crippen LogP contribution in [-0.4, -0.2) is 25.7 Å². The van der Waals surface area contributed by atoms with Gasteiger partial charge in [0.1, 0.15) is 0 Å². The van der Waals surface area contributed by atoms with E-state index in [-0.39, 0.29) is 23.9 Å². The maximum atomic E-state index is 12.1. The number of benzene rings is 1. The molecule has 0 aromatic heterocycles. The smallest absolute Gasteiger partial charge is 0.224 e. The summed E-state index contributed by atoms with van der Waals surface area (Å²) < 4.78 is 5.00. The second-order valence-corrected chi connectivity index (χ2v) is 4.92. The van der Waals surface area contributed by atoms with Crippen molar-refractivity contribution < 1.29 is 9.53 Å². The molecule has 106 valence electrons. The Balaban J connectivity index is 2.52. The van der Waals surface area contributed by atoms with Gasteiger partial charge in [-0.05, 0) is 18.9 Å². The van der Waals surface area contributed by atoms with Crippen LogP contribution in [0.5, 0.6) is 0 Å². The summed E-state index contributed by atoms with van der Waals surface area (Å²) in [7, 11) is 1.66. The van der Waals surface area contributed by atoms with E-state index in [1.807, 2.05) is 44.2 Å². The second-order valence-electron chi connectivity index (χ2n) is 4.92. The molecular weight excluding hydrogens is 240 g/mol. The highest BCUT2D eigenvalue weighted by atomic mass is 16.5. The van der Waals surface area contributed by atoms with Gasteiger partial charge in [-0.2, -0.15) is 0 Å². The van der Waals surface area contributed by atoms with Crippen molar-refractivity contribution in [3.05, 3.63) is 35.9 Å². The lowest BCUT2D eigenvalue weighted by Gasteiger charge is -2.22. The van der Waals surface area contributed by atoms with Crippen molar-refractivity contribution in [2.75, 3.05) is 13.7 Å². The van der Waals surface area contributed by atoms with Gasteiger partial charge in [0.25, 0.3) is 0 Å². The molecule has 3 atom stereocenters.